The van der Waals surface area contributed by atoms with Crippen molar-refractivity contribution in [3.8, 4) is 11.6 Å². The minimum atomic E-state index is 0.463. The molecular formula is C13H13IN2O2. The third-order valence-electron chi connectivity index (χ3n) is 2.41. The number of aromatic nitrogens is 2. The largest absolute Gasteiger partial charge is 0.497 e. The van der Waals surface area contributed by atoms with E-state index in [-0.39, 0.29) is 0 Å². The number of ether oxygens (including phenoxy) is 2. The highest BCUT2D eigenvalue weighted by atomic mass is 127. The molecule has 1 heterocycles. The van der Waals surface area contributed by atoms with E-state index < -0.39 is 0 Å². The van der Waals surface area contributed by atoms with Gasteiger partial charge in [0.05, 0.1) is 7.11 Å². The molecule has 0 unspecified atom stereocenters. The Kier molecular flexibility index (Phi) is 4.35. The zero-order valence-corrected chi connectivity index (χ0v) is 12.3. The topological polar surface area (TPSA) is 44.2 Å². The smallest absolute Gasteiger partial charge is 0.220 e. The van der Waals surface area contributed by atoms with Gasteiger partial charge in [-0.2, -0.15) is 4.98 Å². The van der Waals surface area contributed by atoms with Gasteiger partial charge in [0.25, 0.3) is 0 Å². The van der Waals surface area contributed by atoms with Crippen molar-refractivity contribution in [2.24, 2.45) is 0 Å². The average molecular weight is 356 g/mol. The summed E-state index contributed by atoms with van der Waals surface area (Å²) in [5.74, 6) is 1.45. The molecule has 1 aromatic heterocycles. The first-order chi connectivity index (χ1) is 8.69. The van der Waals surface area contributed by atoms with Crippen LogP contribution in [0.4, 0.5) is 0 Å². The third kappa shape index (κ3) is 3.32. The Morgan fingerprint density at radius 1 is 1.33 bits per heavy atom. The molecular weight excluding hydrogens is 343 g/mol. The number of aryl methyl sites for hydroxylation is 1. The predicted octanol–water partition coefficient (Wildman–Crippen LogP) is 2.98. The molecule has 0 N–H and O–H groups in total. The van der Waals surface area contributed by atoms with Gasteiger partial charge >= 0.3 is 0 Å². The molecule has 0 atom stereocenters. The van der Waals surface area contributed by atoms with Gasteiger partial charge in [0, 0.05) is 34.4 Å². The molecule has 18 heavy (non-hydrogen) atoms. The number of nitrogens with zero attached hydrogens (tertiary/aromatic N) is 2. The summed E-state index contributed by atoms with van der Waals surface area (Å²) in [5, 5.41) is 0. The fourth-order valence-corrected chi connectivity index (χ4v) is 1.82. The number of rotatable bonds is 4. The van der Waals surface area contributed by atoms with E-state index in [0.717, 1.165) is 16.9 Å². The maximum absolute atomic E-state index is 5.69. The van der Waals surface area contributed by atoms with Crippen molar-refractivity contribution in [3.63, 3.8) is 0 Å². The highest BCUT2D eigenvalue weighted by Gasteiger charge is 2.04. The molecule has 0 radical (unpaired) electrons. The van der Waals surface area contributed by atoms with E-state index in [1.165, 1.54) is 0 Å². The van der Waals surface area contributed by atoms with Crippen LogP contribution < -0.4 is 9.47 Å². The first-order valence-electron chi connectivity index (χ1n) is 5.44. The summed E-state index contributed by atoms with van der Waals surface area (Å²) in [5.41, 5.74) is 1.97. The predicted molar refractivity (Wildman–Crippen MR) is 76.8 cm³/mol. The monoisotopic (exact) mass is 356 g/mol. The van der Waals surface area contributed by atoms with Gasteiger partial charge in [-0.05, 0) is 24.6 Å². The summed E-state index contributed by atoms with van der Waals surface area (Å²) < 4.78 is 11.5. The quantitative estimate of drug-likeness (QED) is 0.624. The molecule has 0 amide bonds. The highest BCUT2D eigenvalue weighted by molar-refractivity contribution is 14.1. The molecule has 0 aliphatic heterocycles. The van der Waals surface area contributed by atoms with Crippen LogP contribution in [0.3, 0.4) is 0 Å². The van der Waals surface area contributed by atoms with Gasteiger partial charge < -0.3 is 9.47 Å². The van der Waals surface area contributed by atoms with Crippen LogP contribution in [0.5, 0.6) is 11.6 Å². The van der Waals surface area contributed by atoms with Crippen molar-refractivity contribution in [3.05, 3.63) is 45.4 Å². The zero-order chi connectivity index (χ0) is 13.0. The highest BCUT2D eigenvalue weighted by Crippen LogP contribution is 2.17. The van der Waals surface area contributed by atoms with Crippen molar-refractivity contribution in [2.75, 3.05) is 7.11 Å². The van der Waals surface area contributed by atoms with E-state index in [2.05, 4.69) is 32.6 Å². The lowest BCUT2D eigenvalue weighted by Gasteiger charge is -2.08. The number of halogens is 1. The lowest BCUT2D eigenvalue weighted by Crippen LogP contribution is -2.01. The Hall–Kier alpha value is -1.37. The van der Waals surface area contributed by atoms with Gasteiger partial charge in [-0.3, -0.25) is 0 Å². The first-order valence-corrected chi connectivity index (χ1v) is 6.52. The van der Waals surface area contributed by atoms with E-state index in [0.29, 0.717) is 16.3 Å². The first kappa shape index (κ1) is 13.1. The third-order valence-corrected chi connectivity index (χ3v) is 2.93. The van der Waals surface area contributed by atoms with E-state index in [9.17, 15) is 0 Å². The molecule has 2 rings (SSSR count). The molecule has 0 fully saturated rings. The minimum absolute atomic E-state index is 0.463. The second-order valence-electron chi connectivity index (χ2n) is 3.77. The zero-order valence-electron chi connectivity index (χ0n) is 10.2. The molecule has 0 saturated heterocycles. The van der Waals surface area contributed by atoms with Gasteiger partial charge in [-0.1, -0.05) is 12.1 Å². The molecule has 2 aromatic rings. The minimum Gasteiger partial charge on any atom is -0.497 e. The van der Waals surface area contributed by atoms with Gasteiger partial charge in [-0.25, -0.2) is 4.98 Å². The van der Waals surface area contributed by atoms with Crippen LogP contribution in [-0.2, 0) is 6.61 Å². The molecule has 5 heteroatoms. The summed E-state index contributed by atoms with van der Waals surface area (Å²) >= 11 is 2.07. The van der Waals surface area contributed by atoms with Crippen LogP contribution >= 0.6 is 22.6 Å². The molecule has 0 bridgehead atoms. The maximum Gasteiger partial charge on any atom is 0.220 e. The molecule has 94 valence electrons. The van der Waals surface area contributed by atoms with Gasteiger partial charge in [-0.15, -0.1) is 0 Å². The van der Waals surface area contributed by atoms with Crippen LogP contribution in [0.25, 0.3) is 0 Å². The normalized spacial score (nSPS) is 10.2. The Morgan fingerprint density at radius 3 is 2.94 bits per heavy atom. The average Bonchev–Trinajstić information content (AvgIpc) is 2.40. The van der Waals surface area contributed by atoms with Crippen molar-refractivity contribution in [2.45, 2.75) is 13.5 Å². The molecule has 1 aromatic carbocycles. The number of methoxy groups -OCH3 is 1. The SMILES string of the molecule is COc1cccc(COc2nc(I)ncc2C)c1. The fraction of sp³-hybridized carbons (Fsp3) is 0.231. The molecule has 4 nitrogen and oxygen atoms in total. The second-order valence-corrected chi connectivity index (χ2v) is 4.73. The lowest BCUT2D eigenvalue weighted by molar-refractivity contribution is 0.289. The Balaban J connectivity index is 2.08. The summed E-state index contributed by atoms with van der Waals surface area (Å²) in [6.07, 6.45) is 1.76. The molecule has 0 spiro atoms. The number of hydrogen-bond acceptors (Lipinski definition) is 4. The van der Waals surface area contributed by atoms with E-state index in [1.807, 2.05) is 31.2 Å². The fourth-order valence-electron chi connectivity index (χ4n) is 1.47. The molecule has 0 aliphatic carbocycles. The number of benzene rings is 1. The van der Waals surface area contributed by atoms with Crippen molar-refractivity contribution in [1.82, 2.24) is 9.97 Å². The van der Waals surface area contributed by atoms with Crippen LogP contribution in [0.15, 0.2) is 30.5 Å². The van der Waals surface area contributed by atoms with Crippen molar-refractivity contribution < 1.29 is 9.47 Å². The Morgan fingerprint density at radius 2 is 2.17 bits per heavy atom. The standard InChI is InChI=1S/C13H13IN2O2/c1-9-7-15-13(14)16-12(9)18-8-10-4-3-5-11(6-10)17-2/h3-7H,8H2,1-2H3. The molecule has 0 aliphatic rings. The summed E-state index contributed by atoms with van der Waals surface area (Å²) in [7, 11) is 1.65. The van der Waals surface area contributed by atoms with Gasteiger partial charge in [0.15, 0.2) is 3.83 Å². The second kappa shape index (κ2) is 5.99. The van der Waals surface area contributed by atoms with Crippen LogP contribution in [0.1, 0.15) is 11.1 Å². The summed E-state index contributed by atoms with van der Waals surface area (Å²) in [4.78, 5) is 8.35. The molecule has 0 saturated carbocycles. The summed E-state index contributed by atoms with van der Waals surface area (Å²) in [6, 6.07) is 7.78. The van der Waals surface area contributed by atoms with E-state index in [1.54, 1.807) is 13.3 Å². The van der Waals surface area contributed by atoms with E-state index >= 15 is 0 Å². The summed E-state index contributed by atoms with van der Waals surface area (Å²) in [6.45, 7) is 2.39. The maximum atomic E-state index is 5.69. The number of hydrogen-bond donors (Lipinski definition) is 0. The van der Waals surface area contributed by atoms with Crippen LogP contribution in [0, 0.1) is 10.8 Å². The Bertz CT molecular complexity index is 546. The van der Waals surface area contributed by atoms with Crippen molar-refractivity contribution >= 4 is 22.6 Å². The van der Waals surface area contributed by atoms with Crippen LogP contribution in [-0.4, -0.2) is 17.1 Å². The van der Waals surface area contributed by atoms with Gasteiger partial charge in [0.2, 0.25) is 5.88 Å². The Labute approximate surface area is 120 Å². The van der Waals surface area contributed by atoms with Gasteiger partial charge in [0.1, 0.15) is 12.4 Å². The lowest BCUT2D eigenvalue weighted by atomic mass is 10.2. The van der Waals surface area contributed by atoms with E-state index in [4.69, 9.17) is 9.47 Å². The van der Waals surface area contributed by atoms with Crippen LogP contribution in [0.2, 0.25) is 0 Å². The van der Waals surface area contributed by atoms with Crippen molar-refractivity contribution in [1.29, 1.82) is 0 Å².